The SMILES string of the molecule is O=C(Cn1ccccc1=O)NC1c2ccccc2CC1O. The predicted octanol–water partition coefficient (Wildman–Crippen LogP) is 0.623. The Kier molecular flexibility index (Phi) is 3.58. The van der Waals surface area contributed by atoms with Gasteiger partial charge in [-0.05, 0) is 17.2 Å². The van der Waals surface area contributed by atoms with Crippen LogP contribution in [0.4, 0.5) is 0 Å². The van der Waals surface area contributed by atoms with Gasteiger partial charge in [-0.1, -0.05) is 30.3 Å². The molecule has 2 aromatic rings. The minimum atomic E-state index is -0.626. The predicted molar refractivity (Wildman–Crippen MR) is 77.7 cm³/mol. The quantitative estimate of drug-likeness (QED) is 0.868. The van der Waals surface area contributed by atoms with Gasteiger partial charge in [0, 0.05) is 18.7 Å². The molecular weight excluding hydrogens is 268 g/mol. The molecule has 5 heteroatoms. The molecule has 0 saturated carbocycles. The number of rotatable bonds is 3. The Morgan fingerprint density at radius 2 is 2.00 bits per heavy atom. The number of aliphatic hydroxyl groups excluding tert-OH is 1. The molecule has 2 unspecified atom stereocenters. The number of nitrogens with zero attached hydrogens (tertiary/aromatic N) is 1. The zero-order valence-corrected chi connectivity index (χ0v) is 11.4. The highest BCUT2D eigenvalue weighted by molar-refractivity contribution is 5.76. The van der Waals surface area contributed by atoms with Crippen LogP contribution >= 0.6 is 0 Å². The molecule has 2 atom stereocenters. The molecule has 1 aliphatic carbocycles. The van der Waals surface area contributed by atoms with Gasteiger partial charge in [0.1, 0.15) is 6.54 Å². The van der Waals surface area contributed by atoms with Crippen LogP contribution in [0.5, 0.6) is 0 Å². The van der Waals surface area contributed by atoms with E-state index in [1.54, 1.807) is 18.3 Å². The fraction of sp³-hybridized carbons (Fsp3) is 0.250. The van der Waals surface area contributed by atoms with Gasteiger partial charge in [0.15, 0.2) is 0 Å². The first-order chi connectivity index (χ1) is 10.1. The number of carbonyl (C=O) groups excluding carboxylic acids is 1. The van der Waals surface area contributed by atoms with Gasteiger partial charge in [0.2, 0.25) is 5.91 Å². The second-order valence-electron chi connectivity index (χ2n) is 5.18. The molecule has 1 heterocycles. The van der Waals surface area contributed by atoms with E-state index in [0.29, 0.717) is 6.42 Å². The van der Waals surface area contributed by atoms with Crippen molar-refractivity contribution >= 4 is 5.91 Å². The summed E-state index contributed by atoms with van der Waals surface area (Å²) in [6.07, 6.45) is 1.48. The standard InChI is InChI=1S/C16H16N2O3/c19-13-9-11-5-1-2-6-12(11)16(13)17-14(20)10-18-8-4-3-7-15(18)21/h1-8,13,16,19H,9-10H2,(H,17,20). The van der Waals surface area contributed by atoms with E-state index in [1.807, 2.05) is 24.3 Å². The largest absolute Gasteiger partial charge is 0.390 e. The van der Waals surface area contributed by atoms with E-state index in [9.17, 15) is 14.7 Å². The van der Waals surface area contributed by atoms with Crippen LogP contribution in [0.1, 0.15) is 17.2 Å². The third kappa shape index (κ3) is 2.73. The van der Waals surface area contributed by atoms with Crippen molar-refractivity contribution in [2.45, 2.75) is 25.1 Å². The highest BCUT2D eigenvalue weighted by Gasteiger charge is 2.31. The number of nitrogens with one attached hydrogen (secondary N) is 1. The monoisotopic (exact) mass is 284 g/mol. The van der Waals surface area contributed by atoms with Crippen molar-refractivity contribution in [3.05, 3.63) is 70.1 Å². The highest BCUT2D eigenvalue weighted by atomic mass is 16.3. The number of aliphatic hydroxyl groups is 1. The summed E-state index contributed by atoms with van der Waals surface area (Å²) in [5.41, 5.74) is 1.77. The molecule has 1 aromatic heterocycles. The summed E-state index contributed by atoms with van der Waals surface area (Å²) in [6, 6.07) is 12.0. The molecule has 3 rings (SSSR count). The fourth-order valence-corrected chi connectivity index (χ4v) is 2.71. The molecule has 0 saturated heterocycles. The van der Waals surface area contributed by atoms with Crippen LogP contribution in [0.25, 0.3) is 0 Å². The summed E-state index contributed by atoms with van der Waals surface area (Å²) in [5.74, 6) is -0.288. The third-order valence-corrected chi connectivity index (χ3v) is 3.73. The van der Waals surface area contributed by atoms with E-state index in [-0.39, 0.29) is 18.0 Å². The van der Waals surface area contributed by atoms with E-state index in [1.165, 1.54) is 10.6 Å². The van der Waals surface area contributed by atoms with Gasteiger partial charge < -0.3 is 15.0 Å². The maximum atomic E-state index is 12.1. The third-order valence-electron chi connectivity index (χ3n) is 3.73. The Bertz CT molecular complexity index is 723. The summed E-state index contributed by atoms with van der Waals surface area (Å²) in [6.45, 7) is -0.0505. The average Bonchev–Trinajstić information content (AvgIpc) is 2.78. The maximum Gasteiger partial charge on any atom is 0.250 e. The lowest BCUT2D eigenvalue weighted by Crippen LogP contribution is -2.37. The summed E-state index contributed by atoms with van der Waals surface area (Å²) in [4.78, 5) is 23.7. The molecule has 0 radical (unpaired) electrons. The van der Waals surface area contributed by atoms with Gasteiger partial charge in [-0.25, -0.2) is 0 Å². The molecule has 1 aromatic carbocycles. The van der Waals surface area contributed by atoms with Gasteiger partial charge in [0.25, 0.3) is 5.56 Å². The van der Waals surface area contributed by atoms with Gasteiger partial charge in [-0.15, -0.1) is 0 Å². The molecule has 0 fully saturated rings. The first-order valence-corrected chi connectivity index (χ1v) is 6.86. The number of amides is 1. The second-order valence-corrected chi connectivity index (χ2v) is 5.18. The lowest BCUT2D eigenvalue weighted by atomic mass is 10.1. The van der Waals surface area contributed by atoms with Crippen molar-refractivity contribution in [3.63, 3.8) is 0 Å². The van der Waals surface area contributed by atoms with Crippen LogP contribution in [-0.2, 0) is 17.8 Å². The topological polar surface area (TPSA) is 71.3 Å². The first-order valence-electron chi connectivity index (χ1n) is 6.86. The molecule has 108 valence electrons. The second kappa shape index (κ2) is 5.54. The number of hydrogen-bond donors (Lipinski definition) is 2. The number of carbonyl (C=O) groups is 1. The molecule has 5 nitrogen and oxygen atoms in total. The molecule has 0 aliphatic heterocycles. The van der Waals surface area contributed by atoms with E-state index < -0.39 is 12.1 Å². The highest BCUT2D eigenvalue weighted by Crippen LogP contribution is 2.31. The zero-order chi connectivity index (χ0) is 14.8. The van der Waals surface area contributed by atoms with Crippen molar-refractivity contribution in [3.8, 4) is 0 Å². The van der Waals surface area contributed by atoms with Crippen molar-refractivity contribution < 1.29 is 9.90 Å². The van der Waals surface area contributed by atoms with Crippen LogP contribution in [0, 0.1) is 0 Å². The van der Waals surface area contributed by atoms with Crippen molar-refractivity contribution in [2.24, 2.45) is 0 Å². The van der Waals surface area contributed by atoms with E-state index in [0.717, 1.165) is 11.1 Å². The number of aromatic nitrogens is 1. The van der Waals surface area contributed by atoms with Gasteiger partial charge in [-0.2, -0.15) is 0 Å². The van der Waals surface area contributed by atoms with Crippen LogP contribution in [0.15, 0.2) is 53.5 Å². The number of hydrogen-bond acceptors (Lipinski definition) is 3. The molecule has 0 bridgehead atoms. The zero-order valence-electron chi connectivity index (χ0n) is 11.4. The van der Waals surface area contributed by atoms with Crippen LogP contribution < -0.4 is 10.9 Å². The summed E-state index contributed by atoms with van der Waals surface area (Å²) in [5, 5.41) is 12.9. The molecule has 2 N–H and O–H groups in total. The smallest absolute Gasteiger partial charge is 0.250 e. The van der Waals surface area contributed by atoms with Gasteiger partial charge >= 0.3 is 0 Å². The molecule has 0 spiro atoms. The summed E-state index contributed by atoms with van der Waals surface area (Å²) in [7, 11) is 0. The first kappa shape index (κ1) is 13.6. The van der Waals surface area contributed by atoms with Crippen LogP contribution in [0.3, 0.4) is 0 Å². The van der Waals surface area contributed by atoms with Crippen LogP contribution in [0.2, 0.25) is 0 Å². The van der Waals surface area contributed by atoms with Crippen molar-refractivity contribution in [2.75, 3.05) is 0 Å². The van der Waals surface area contributed by atoms with E-state index in [4.69, 9.17) is 0 Å². The minimum Gasteiger partial charge on any atom is -0.390 e. The van der Waals surface area contributed by atoms with Gasteiger partial charge in [0.05, 0.1) is 12.1 Å². The Balaban J connectivity index is 1.74. The Labute approximate surface area is 121 Å². The maximum absolute atomic E-state index is 12.1. The lowest BCUT2D eigenvalue weighted by molar-refractivity contribution is -0.123. The molecular formula is C16H16N2O3. The molecule has 21 heavy (non-hydrogen) atoms. The van der Waals surface area contributed by atoms with Crippen molar-refractivity contribution in [1.29, 1.82) is 0 Å². The number of fused-ring (bicyclic) bond motifs is 1. The van der Waals surface area contributed by atoms with E-state index >= 15 is 0 Å². The summed E-state index contributed by atoms with van der Waals surface area (Å²) >= 11 is 0. The van der Waals surface area contributed by atoms with Gasteiger partial charge in [-0.3, -0.25) is 9.59 Å². The van der Waals surface area contributed by atoms with Crippen LogP contribution in [-0.4, -0.2) is 21.7 Å². The number of pyridine rings is 1. The average molecular weight is 284 g/mol. The normalized spacial score (nSPS) is 20.0. The Morgan fingerprint density at radius 1 is 1.24 bits per heavy atom. The van der Waals surface area contributed by atoms with Crippen molar-refractivity contribution in [1.82, 2.24) is 9.88 Å². The Morgan fingerprint density at radius 3 is 2.81 bits per heavy atom. The minimum absolute atomic E-state index is 0.0505. The fourth-order valence-electron chi connectivity index (χ4n) is 2.71. The van der Waals surface area contributed by atoms with E-state index in [2.05, 4.69) is 5.32 Å². The Hall–Kier alpha value is -2.40. The number of benzene rings is 1. The molecule has 1 amide bonds. The lowest BCUT2D eigenvalue weighted by Gasteiger charge is -2.18. The molecule has 1 aliphatic rings. The summed E-state index contributed by atoms with van der Waals surface area (Å²) < 4.78 is 1.34.